The number of rotatable bonds is 7. The van der Waals surface area contributed by atoms with Crippen LogP contribution in [-0.4, -0.2) is 24.5 Å². The Balaban J connectivity index is 2.05. The molecule has 23 heavy (non-hydrogen) atoms. The standard InChI is InChI=1S/C17H19NO3S2/c1-3-12(2)18-16(19)11-21-17(20)14(15-7-5-9-23-15)10-13-6-4-8-22-13/h4-10,12H,3,11H2,1-2H3,(H,18,19)/b14-10+/t12-/m0/s1. The van der Waals surface area contributed by atoms with Crippen LogP contribution in [0.25, 0.3) is 11.6 Å². The van der Waals surface area contributed by atoms with Gasteiger partial charge in [-0.15, -0.1) is 22.7 Å². The Morgan fingerprint density at radius 3 is 2.61 bits per heavy atom. The van der Waals surface area contributed by atoms with Crippen LogP contribution < -0.4 is 5.32 Å². The van der Waals surface area contributed by atoms with Crippen molar-refractivity contribution in [3.8, 4) is 0 Å². The molecule has 1 amide bonds. The summed E-state index contributed by atoms with van der Waals surface area (Å²) in [6.45, 7) is 3.62. The minimum absolute atomic E-state index is 0.0691. The maximum atomic E-state index is 12.4. The molecule has 0 aliphatic rings. The quantitative estimate of drug-likeness (QED) is 0.611. The maximum Gasteiger partial charge on any atom is 0.340 e. The second-order valence-corrected chi connectivity index (χ2v) is 6.93. The summed E-state index contributed by atoms with van der Waals surface area (Å²) in [5, 5.41) is 6.62. The first kappa shape index (κ1) is 17.4. The average Bonchev–Trinajstić information content (AvgIpc) is 3.23. The molecule has 0 aliphatic carbocycles. The van der Waals surface area contributed by atoms with Gasteiger partial charge in [-0.2, -0.15) is 0 Å². The van der Waals surface area contributed by atoms with Crippen LogP contribution >= 0.6 is 22.7 Å². The number of thiophene rings is 2. The molecule has 2 aromatic rings. The van der Waals surface area contributed by atoms with E-state index < -0.39 is 5.97 Å². The lowest BCUT2D eigenvalue weighted by Gasteiger charge is -2.12. The first-order chi connectivity index (χ1) is 11.1. The van der Waals surface area contributed by atoms with Crippen LogP contribution in [0.5, 0.6) is 0 Å². The van der Waals surface area contributed by atoms with Crippen LogP contribution in [0.3, 0.4) is 0 Å². The van der Waals surface area contributed by atoms with Crippen molar-refractivity contribution in [1.82, 2.24) is 5.32 Å². The lowest BCUT2D eigenvalue weighted by Crippen LogP contribution is -2.35. The highest BCUT2D eigenvalue weighted by Gasteiger charge is 2.17. The number of ether oxygens (including phenoxy) is 1. The zero-order chi connectivity index (χ0) is 16.7. The summed E-state index contributed by atoms with van der Waals surface area (Å²) in [6.07, 6.45) is 2.63. The van der Waals surface area contributed by atoms with Crippen molar-refractivity contribution in [3.05, 3.63) is 44.8 Å². The third-order valence-electron chi connectivity index (χ3n) is 3.19. The number of nitrogens with one attached hydrogen (secondary N) is 1. The molecule has 0 spiro atoms. The van der Waals surface area contributed by atoms with Crippen LogP contribution in [-0.2, 0) is 14.3 Å². The SMILES string of the molecule is CC[C@H](C)NC(=O)COC(=O)/C(=C/c1cccs1)c1cccs1. The molecule has 0 bridgehead atoms. The first-order valence-electron chi connectivity index (χ1n) is 7.35. The topological polar surface area (TPSA) is 55.4 Å². The second-order valence-electron chi connectivity index (χ2n) is 5.00. The van der Waals surface area contributed by atoms with E-state index in [1.807, 2.05) is 48.9 Å². The summed E-state index contributed by atoms with van der Waals surface area (Å²) in [4.78, 5) is 25.9. The van der Waals surface area contributed by atoms with Gasteiger partial charge in [0.05, 0.1) is 5.57 Å². The normalized spacial score (nSPS) is 12.7. The van der Waals surface area contributed by atoms with E-state index in [0.29, 0.717) is 5.57 Å². The van der Waals surface area contributed by atoms with E-state index in [2.05, 4.69) is 5.32 Å². The Labute approximate surface area is 143 Å². The van der Waals surface area contributed by atoms with E-state index in [1.165, 1.54) is 11.3 Å². The monoisotopic (exact) mass is 349 g/mol. The Hall–Kier alpha value is -1.92. The predicted octanol–water partition coefficient (Wildman–Crippen LogP) is 3.81. The molecule has 1 N–H and O–H groups in total. The van der Waals surface area contributed by atoms with Crippen LogP contribution in [0.4, 0.5) is 0 Å². The molecule has 4 nitrogen and oxygen atoms in total. The zero-order valence-electron chi connectivity index (χ0n) is 13.1. The maximum absolute atomic E-state index is 12.4. The van der Waals surface area contributed by atoms with Crippen molar-refractivity contribution in [1.29, 1.82) is 0 Å². The molecule has 0 radical (unpaired) electrons. The van der Waals surface area contributed by atoms with E-state index in [0.717, 1.165) is 16.2 Å². The zero-order valence-corrected chi connectivity index (χ0v) is 14.7. The van der Waals surface area contributed by atoms with Crippen molar-refractivity contribution in [2.75, 3.05) is 6.61 Å². The second kappa shape index (κ2) is 8.64. The lowest BCUT2D eigenvalue weighted by molar-refractivity contribution is -0.143. The molecule has 0 aliphatic heterocycles. The van der Waals surface area contributed by atoms with Crippen molar-refractivity contribution < 1.29 is 14.3 Å². The number of amides is 1. The molecule has 0 aromatic carbocycles. The minimum Gasteiger partial charge on any atom is -0.452 e. The highest BCUT2D eigenvalue weighted by molar-refractivity contribution is 7.12. The predicted molar refractivity (Wildman–Crippen MR) is 95.4 cm³/mol. The first-order valence-corrected chi connectivity index (χ1v) is 9.11. The summed E-state index contributed by atoms with van der Waals surface area (Å²) >= 11 is 3.01. The summed E-state index contributed by atoms with van der Waals surface area (Å²) in [6, 6.07) is 7.67. The van der Waals surface area contributed by atoms with Gasteiger partial charge < -0.3 is 10.1 Å². The largest absolute Gasteiger partial charge is 0.452 e. The lowest BCUT2D eigenvalue weighted by atomic mass is 10.2. The fourth-order valence-electron chi connectivity index (χ4n) is 1.81. The molecule has 0 unspecified atom stereocenters. The molecule has 0 fully saturated rings. The smallest absolute Gasteiger partial charge is 0.340 e. The summed E-state index contributed by atoms with van der Waals surface area (Å²) < 4.78 is 5.18. The van der Waals surface area contributed by atoms with Crippen LogP contribution in [0.15, 0.2) is 35.0 Å². The van der Waals surface area contributed by atoms with Crippen LogP contribution in [0, 0.1) is 0 Å². The molecule has 6 heteroatoms. The summed E-state index contributed by atoms with van der Waals surface area (Å²) in [5.41, 5.74) is 0.471. The van der Waals surface area contributed by atoms with Gasteiger partial charge in [0.25, 0.3) is 5.91 Å². The molecule has 2 heterocycles. The fourth-order valence-corrected chi connectivity index (χ4v) is 3.19. The van der Waals surface area contributed by atoms with Gasteiger partial charge in [-0.3, -0.25) is 4.79 Å². The number of hydrogen-bond acceptors (Lipinski definition) is 5. The van der Waals surface area contributed by atoms with Gasteiger partial charge >= 0.3 is 5.97 Å². The van der Waals surface area contributed by atoms with Gasteiger partial charge in [-0.25, -0.2) is 4.79 Å². The van der Waals surface area contributed by atoms with Crippen molar-refractivity contribution in [3.63, 3.8) is 0 Å². The highest BCUT2D eigenvalue weighted by atomic mass is 32.1. The molecule has 0 saturated heterocycles. The molecular weight excluding hydrogens is 330 g/mol. The Kier molecular flexibility index (Phi) is 6.55. The van der Waals surface area contributed by atoms with Gasteiger partial charge in [0.1, 0.15) is 0 Å². The number of carbonyl (C=O) groups is 2. The Bertz CT molecular complexity index is 660. The van der Waals surface area contributed by atoms with Gasteiger partial charge in [-0.05, 0) is 42.3 Å². The van der Waals surface area contributed by atoms with Crippen LogP contribution in [0.2, 0.25) is 0 Å². The van der Waals surface area contributed by atoms with Gasteiger partial charge in [0.2, 0.25) is 0 Å². The van der Waals surface area contributed by atoms with Gasteiger partial charge in [0, 0.05) is 15.8 Å². The molecule has 2 aromatic heterocycles. The number of hydrogen-bond donors (Lipinski definition) is 1. The highest BCUT2D eigenvalue weighted by Crippen LogP contribution is 2.25. The van der Waals surface area contributed by atoms with Crippen LogP contribution in [0.1, 0.15) is 30.0 Å². The fraction of sp³-hybridized carbons (Fsp3) is 0.294. The summed E-state index contributed by atoms with van der Waals surface area (Å²) in [5.74, 6) is -0.769. The minimum atomic E-state index is -0.486. The molecule has 0 saturated carbocycles. The van der Waals surface area contributed by atoms with Crippen molar-refractivity contribution in [2.24, 2.45) is 0 Å². The van der Waals surface area contributed by atoms with E-state index >= 15 is 0 Å². The van der Waals surface area contributed by atoms with Crippen molar-refractivity contribution in [2.45, 2.75) is 26.3 Å². The van der Waals surface area contributed by atoms with Gasteiger partial charge in [-0.1, -0.05) is 19.1 Å². The van der Waals surface area contributed by atoms with Gasteiger partial charge in [0.15, 0.2) is 6.61 Å². The summed E-state index contributed by atoms with van der Waals surface area (Å²) in [7, 11) is 0. The Morgan fingerprint density at radius 1 is 1.26 bits per heavy atom. The molecule has 1 atom stereocenters. The van der Waals surface area contributed by atoms with E-state index in [-0.39, 0.29) is 18.6 Å². The number of carbonyl (C=O) groups excluding carboxylic acids is 2. The van der Waals surface area contributed by atoms with E-state index in [9.17, 15) is 9.59 Å². The molecule has 2 rings (SSSR count). The van der Waals surface area contributed by atoms with Crippen molar-refractivity contribution >= 4 is 46.2 Å². The van der Waals surface area contributed by atoms with E-state index in [4.69, 9.17) is 4.74 Å². The number of esters is 1. The average molecular weight is 349 g/mol. The molecule has 122 valence electrons. The van der Waals surface area contributed by atoms with E-state index in [1.54, 1.807) is 17.4 Å². The Morgan fingerprint density at radius 2 is 2.00 bits per heavy atom. The third-order valence-corrected chi connectivity index (χ3v) is 4.91. The third kappa shape index (κ3) is 5.33. The molecular formula is C17H19NO3S2.